The number of Topliss-reactive ketones (excluding diaryl/α,β-unsaturated/α-hetero) is 1. The summed E-state index contributed by atoms with van der Waals surface area (Å²) in [6.07, 6.45) is 0. The number of benzene rings is 3. The van der Waals surface area contributed by atoms with Gasteiger partial charge >= 0.3 is 0 Å². The first-order valence-corrected chi connectivity index (χ1v) is 13.1. The zero-order valence-electron chi connectivity index (χ0n) is 19.4. The second-order valence-electron chi connectivity index (χ2n) is 8.20. The molecule has 4 rings (SSSR count). The van der Waals surface area contributed by atoms with Gasteiger partial charge in [-0.1, -0.05) is 65.7 Å². The Morgan fingerprint density at radius 3 is 2.24 bits per heavy atom. The average molecular weight is 555 g/mol. The molecule has 0 radical (unpaired) electrons. The first-order chi connectivity index (χ1) is 17.6. The maximum atomic E-state index is 14.1. The van der Waals surface area contributed by atoms with E-state index < -0.39 is 27.9 Å². The van der Waals surface area contributed by atoms with Crippen molar-refractivity contribution in [2.75, 3.05) is 5.32 Å². The van der Waals surface area contributed by atoms with E-state index in [4.69, 9.17) is 28.9 Å². The molecule has 1 aliphatic heterocycles. The molecule has 1 aliphatic rings. The number of nitrogens with one attached hydrogen (secondary N) is 1. The van der Waals surface area contributed by atoms with Crippen LogP contribution in [0.3, 0.4) is 0 Å². The monoisotopic (exact) mass is 554 g/mol. The highest BCUT2D eigenvalue weighted by Gasteiger charge is 2.51. The van der Waals surface area contributed by atoms with E-state index in [1.807, 2.05) is 6.07 Å². The average Bonchev–Trinajstić information content (AvgIpc) is 3.18. The summed E-state index contributed by atoms with van der Waals surface area (Å²) in [5.41, 5.74) is 6.82. The molecule has 0 saturated carbocycles. The third-order valence-corrected chi connectivity index (χ3v) is 8.52. The lowest BCUT2D eigenvalue weighted by atomic mass is 10.00. The van der Waals surface area contributed by atoms with E-state index in [1.54, 1.807) is 24.3 Å². The number of carbonyl (C=O) groups is 2. The van der Waals surface area contributed by atoms with Gasteiger partial charge in [-0.15, -0.1) is 0 Å². The number of rotatable bonds is 6. The number of hydrogen-bond acceptors (Lipinski definition) is 6. The number of anilines is 1. The lowest BCUT2D eigenvalue weighted by Crippen LogP contribution is -2.45. The van der Waals surface area contributed by atoms with Gasteiger partial charge in [0.2, 0.25) is 15.9 Å². The molecule has 0 aliphatic carbocycles. The van der Waals surface area contributed by atoms with Gasteiger partial charge in [-0.2, -0.15) is 9.57 Å². The maximum absolute atomic E-state index is 14.1. The minimum atomic E-state index is -4.46. The predicted octanol–water partition coefficient (Wildman–Crippen LogP) is 4.69. The zero-order chi connectivity index (χ0) is 26.9. The van der Waals surface area contributed by atoms with Crippen molar-refractivity contribution in [2.24, 2.45) is 5.73 Å². The highest BCUT2D eigenvalue weighted by Crippen LogP contribution is 2.46. The lowest BCUT2D eigenvalue weighted by molar-refractivity contribution is -0.114. The van der Waals surface area contributed by atoms with Crippen molar-refractivity contribution < 1.29 is 18.0 Å². The van der Waals surface area contributed by atoms with Crippen LogP contribution < -0.4 is 11.1 Å². The number of ketones is 1. The van der Waals surface area contributed by atoms with E-state index in [9.17, 15) is 23.3 Å². The lowest BCUT2D eigenvalue weighted by Gasteiger charge is -2.30. The molecule has 0 spiro atoms. The van der Waals surface area contributed by atoms with Gasteiger partial charge in [0, 0.05) is 18.2 Å². The summed E-state index contributed by atoms with van der Waals surface area (Å²) in [4.78, 5) is 24.9. The van der Waals surface area contributed by atoms with Crippen LogP contribution in [0.4, 0.5) is 5.69 Å². The van der Waals surface area contributed by atoms with Gasteiger partial charge in [0.25, 0.3) is 0 Å². The Morgan fingerprint density at radius 1 is 1.00 bits per heavy atom. The van der Waals surface area contributed by atoms with Crippen molar-refractivity contribution in [2.45, 2.75) is 23.9 Å². The quantitative estimate of drug-likeness (QED) is 0.424. The fraction of sp³-hybridized carbons (Fsp3) is 0.115. The molecular weight excluding hydrogens is 535 g/mol. The topological polar surface area (TPSA) is 133 Å². The summed E-state index contributed by atoms with van der Waals surface area (Å²) in [5.74, 6) is -0.931. The van der Waals surface area contributed by atoms with Crippen LogP contribution in [-0.2, 0) is 14.8 Å². The molecule has 0 saturated heterocycles. The molecule has 3 aromatic carbocycles. The Bertz CT molecular complexity index is 1570. The number of nitriles is 1. The van der Waals surface area contributed by atoms with Crippen LogP contribution in [0.5, 0.6) is 0 Å². The number of carbonyl (C=O) groups excluding carboxylic acids is 2. The highest BCUT2D eigenvalue weighted by molar-refractivity contribution is 7.89. The molecular formula is C26H20Cl2N4O4S. The van der Waals surface area contributed by atoms with Crippen LogP contribution in [0, 0.1) is 11.3 Å². The van der Waals surface area contributed by atoms with E-state index in [1.165, 1.54) is 55.5 Å². The molecule has 11 heteroatoms. The van der Waals surface area contributed by atoms with Crippen molar-refractivity contribution in [3.8, 4) is 6.07 Å². The van der Waals surface area contributed by atoms with Crippen molar-refractivity contribution in [1.29, 1.82) is 5.26 Å². The molecule has 2 unspecified atom stereocenters. The Kier molecular flexibility index (Phi) is 7.39. The first kappa shape index (κ1) is 26.4. The van der Waals surface area contributed by atoms with Gasteiger partial charge in [0.05, 0.1) is 38.3 Å². The molecule has 1 amide bonds. The smallest absolute Gasteiger partial charge is 0.245 e. The SMILES string of the molecule is CC(=O)Nc1ccc(S(=O)(=O)N2C(C(=O)c3ccccc3)C(N)=C(C#N)C2c2cccc(Cl)c2Cl)cc1. The number of nitrogens with zero attached hydrogens (tertiary/aromatic N) is 2. The standard InChI is InChI=1S/C26H20Cl2N4O4S/c1-15(33)31-17-10-12-18(13-11-17)37(35,36)32-24(19-8-5-9-21(27)22(19)28)20(14-29)23(30)25(32)26(34)16-6-3-2-4-7-16/h2-13,24-25H,30H2,1H3,(H,31,33). The first-order valence-electron chi connectivity index (χ1n) is 10.9. The van der Waals surface area contributed by atoms with Crippen molar-refractivity contribution in [1.82, 2.24) is 4.31 Å². The third kappa shape index (κ3) is 4.84. The molecule has 3 aromatic rings. The number of halogens is 2. The summed E-state index contributed by atoms with van der Waals surface area (Å²) >= 11 is 12.7. The van der Waals surface area contributed by atoms with E-state index >= 15 is 0 Å². The van der Waals surface area contributed by atoms with Gasteiger partial charge in [-0.05, 0) is 35.9 Å². The Labute approximate surface area is 224 Å². The summed E-state index contributed by atoms with van der Waals surface area (Å²) in [5, 5.41) is 12.8. The van der Waals surface area contributed by atoms with Crippen molar-refractivity contribution in [3.63, 3.8) is 0 Å². The molecule has 0 fully saturated rings. The van der Waals surface area contributed by atoms with Crippen molar-refractivity contribution in [3.05, 3.63) is 105 Å². The summed E-state index contributed by atoms with van der Waals surface area (Å²) < 4.78 is 29.1. The fourth-order valence-corrected chi connectivity index (χ4v) is 6.32. The molecule has 188 valence electrons. The Balaban J connectivity index is 1.94. The zero-order valence-corrected chi connectivity index (χ0v) is 21.7. The number of nitrogens with two attached hydrogens (primary N) is 1. The van der Waals surface area contributed by atoms with E-state index in [0.717, 1.165) is 4.31 Å². The van der Waals surface area contributed by atoms with Gasteiger partial charge in [0.15, 0.2) is 5.78 Å². The minimum absolute atomic E-state index is 0.0312. The molecule has 8 nitrogen and oxygen atoms in total. The summed E-state index contributed by atoms with van der Waals surface area (Å²) in [7, 11) is -4.46. The molecule has 3 N–H and O–H groups in total. The largest absolute Gasteiger partial charge is 0.399 e. The van der Waals surface area contributed by atoms with E-state index in [2.05, 4.69) is 5.32 Å². The third-order valence-electron chi connectivity index (χ3n) is 5.84. The van der Waals surface area contributed by atoms with Gasteiger partial charge in [-0.3, -0.25) is 9.59 Å². The molecule has 37 heavy (non-hydrogen) atoms. The maximum Gasteiger partial charge on any atom is 0.245 e. The van der Waals surface area contributed by atoms with Crippen molar-refractivity contribution >= 4 is 50.6 Å². The fourth-order valence-electron chi connectivity index (χ4n) is 4.20. The van der Waals surface area contributed by atoms with Crippen LogP contribution in [0.1, 0.15) is 28.9 Å². The Morgan fingerprint density at radius 2 is 1.65 bits per heavy atom. The van der Waals surface area contributed by atoms with E-state index in [-0.39, 0.29) is 43.2 Å². The number of amides is 1. The molecule has 1 heterocycles. The normalized spacial score (nSPS) is 17.9. The van der Waals surface area contributed by atoms with Gasteiger partial charge in [-0.25, -0.2) is 8.42 Å². The molecule has 0 aromatic heterocycles. The predicted molar refractivity (Wildman–Crippen MR) is 140 cm³/mol. The number of hydrogen-bond donors (Lipinski definition) is 2. The second-order valence-corrected chi connectivity index (χ2v) is 10.8. The Hall–Kier alpha value is -3.68. The van der Waals surface area contributed by atoms with Crippen LogP contribution >= 0.6 is 23.2 Å². The summed E-state index contributed by atoms with van der Waals surface area (Å²) in [6, 6.07) is 17.2. The number of sulfonamides is 1. The minimum Gasteiger partial charge on any atom is -0.399 e. The molecule has 2 atom stereocenters. The van der Waals surface area contributed by atoms with E-state index in [0.29, 0.717) is 5.69 Å². The molecule has 0 bridgehead atoms. The van der Waals surface area contributed by atoms with Gasteiger partial charge < -0.3 is 11.1 Å². The van der Waals surface area contributed by atoms with Crippen LogP contribution in [-0.4, -0.2) is 30.5 Å². The highest BCUT2D eigenvalue weighted by atomic mass is 35.5. The van der Waals surface area contributed by atoms with Crippen LogP contribution in [0.2, 0.25) is 10.0 Å². The second kappa shape index (κ2) is 10.4. The van der Waals surface area contributed by atoms with Crippen LogP contribution in [0.25, 0.3) is 0 Å². The van der Waals surface area contributed by atoms with Crippen LogP contribution in [0.15, 0.2) is 89.0 Å². The van der Waals surface area contributed by atoms with Gasteiger partial charge in [0.1, 0.15) is 6.04 Å². The summed E-state index contributed by atoms with van der Waals surface area (Å²) in [6.45, 7) is 1.33.